The van der Waals surface area contributed by atoms with Crippen molar-refractivity contribution in [3.63, 3.8) is 0 Å². The van der Waals surface area contributed by atoms with E-state index in [1.54, 1.807) is 42.5 Å². The first kappa shape index (κ1) is 20.2. The number of aryl methyl sites for hydroxylation is 2. The smallest absolute Gasteiger partial charge is 0.201 e. The van der Waals surface area contributed by atoms with Gasteiger partial charge in [0, 0.05) is 10.5 Å². The van der Waals surface area contributed by atoms with Gasteiger partial charge in [0.25, 0.3) is 0 Å². The molecule has 0 aromatic heterocycles. The van der Waals surface area contributed by atoms with Gasteiger partial charge in [-0.3, -0.25) is 0 Å². The van der Waals surface area contributed by atoms with Crippen LogP contribution in [0.1, 0.15) is 16.7 Å². The molecular formula is C22H19FO3S2. The van der Waals surface area contributed by atoms with E-state index >= 15 is 0 Å². The topological polar surface area (TPSA) is 51.2 Å². The number of sulfone groups is 1. The maximum atomic E-state index is 14.4. The minimum absolute atomic E-state index is 0.00269. The van der Waals surface area contributed by atoms with E-state index in [4.69, 9.17) is 0 Å². The highest BCUT2D eigenvalue weighted by molar-refractivity contribution is 7.99. The Hall–Kier alpha value is -2.57. The molecule has 0 spiro atoms. The van der Waals surface area contributed by atoms with Crippen molar-refractivity contribution < 1.29 is 17.0 Å². The van der Waals surface area contributed by atoms with Crippen LogP contribution < -0.4 is 0 Å². The summed E-state index contributed by atoms with van der Waals surface area (Å²) in [6, 6.07) is 18.9. The monoisotopic (exact) mass is 414 g/mol. The molecule has 0 fully saturated rings. The first-order chi connectivity index (χ1) is 13.3. The molecule has 0 radical (unpaired) electrons. The van der Waals surface area contributed by atoms with Gasteiger partial charge in [0.1, 0.15) is 5.82 Å². The fourth-order valence-electron chi connectivity index (χ4n) is 2.59. The molecule has 0 N–H and O–H groups in total. The largest absolute Gasteiger partial charge is 0.249 e. The van der Waals surface area contributed by atoms with Crippen molar-refractivity contribution in [2.45, 2.75) is 23.6 Å². The molecule has 1 atom stereocenters. The van der Waals surface area contributed by atoms with Gasteiger partial charge in [-0.05, 0) is 44.2 Å². The lowest BCUT2D eigenvalue weighted by atomic mass is 10.2. The predicted octanol–water partition coefficient (Wildman–Crippen LogP) is 5.02. The lowest BCUT2D eigenvalue weighted by Gasteiger charge is -2.10. The van der Waals surface area contributed by atoms with Crippen LogP contribution in [-0.2, 0) is 20.6 Å². The molecule has 0 aliphatic carbocycles. The fourth-order valence-corrected chi connectivity index (χ4v) is 5.39. The molecule has 3 rings (SSSR count). The van der Waals surface area contributed by atoms with Gasteiger partial charge in [-0.25, -0.2) is 17.0 Å². The Morgan fingerprint density at radius 2 is 1.39 bits per heavy atom. The summed E-state index contributed by atoms with van der Waals surface area (Å²) in [7, 11) is -5.80. The van der Waals surface area contributed by atoms with Gasteiger partial charge in [-0.15, -0.1) is 0 Å². The van der Waals surface area contributed by atoms with Crippen LogP contribution in [0.4, 0.5) is 4.39 Å². The number of halogens is 1. The first-order valence-corrected chi connectivity index (χ1v) is 11.2. The van der Waals surface area contributed by atoms with Gasteiger partial charge in [0.15, 0.2) is 0 Å². The Morgan fingerprint density at radius 3 is 1.96 bits per heavy atom. The Kier molecular flexibility index (Phi) is 5.91. The molecule has 6 heteroatoms. The highest BCUT2D eigenvalue weighted by Gasteiger charge is 2.21. The van der Waals surface area contributed by atoms with E-state index in [1.807, 2.05) is 13.8 Å². The van der Waals surface area contributed by atoms with E-state index in [0.29, 0.717) is 4.90 Å². The second-order valence-corrected chi connectivity index (χ2v) is 9.65. The Bertz CT molecular complexity index is 1150. The van der Waals surface area contributed by atoms with E-state index in [0.717, 1.165) is 16.5 Å². The second-order valence-electron chi connectivity index (χ2n) is 6.40. The normalized spacial score (nSPS) is 13.3. The third kappa shape index (κ3) is 4.46. The van der Waals surface area contributed by atoms with Crippen LogP contribution >= 0.6 is 0 Å². The summed E-state index contributed by atoms with van der Waals surface area (Å²) in [5, 5.41) is 0.909. The highest BCUT2D eigenvalue weighted by Crippen LogP contribution is 2.29. The fraction of sp³-hybridized carbons (Fsp3) is 0.0909. The molecule has 0 bridgehead atoms. The molecule has 3 nitrogen and oxygen atoms in total. The average molecular weight is 415 g/mol. The number of benzene rings is 3. The summed E-state index contributed by atoms with van der Waals surface area (Å²) >= 11 is 0. The molecule has 28 heavy (non-hydrogen) atoms. The van der Waals surface area contributed by atoms with Crippen LogP contribution in [0.2, 0.25) is 0 Å². The van der Waals surface area contributed by atoms with Gasteiger partial charge in [0.05, 0.1) is 26.0 Å². The predicted molar refractivity (Wildman–Crippen MR) is 110 cm³/mol. The lowest BCUT2D eigenvalue weighted by Crippen LogP contribution is -2.04. The molecule has 0 saturated heterocycles. The molecule has 0 amide bonds. The van der Waals surface area contributed by atoms with E-state index < -0.39 is 26.5 Å². The molecule has 3 aromatic carbocycles. The number of hydrogen-bond acceptors (Lipinski definition) is 3. The number of hydrogen-bond donors (Lipinski definition) is 0. The Morgan fingerprint density at radius 1 is 0.857 bits per heavy atom. The standard InChI is InChI=1S/C22H19FO3S2/c1-16-7-11-18(12-8-16)27(24)22(20-5-3-4-6-21(20)23)15-28(25,26)19-13-9-17(2)10-14-19/h3-15H,1-2H3/b22-15+. The Labute approximate surface area is 166 Å². The third-order valence-corrected chi connectivity index (χ3v) is 7.25. The molecular weight excluding hydrogens is 395 g/mol. The third-order valence-electron chi connectivity index (χ3n) is 4.19. The zero-order valence-electron chi connectivity index (χ0n) is 15.4. The molecule has 1 unspecified atom stereocenters. The molecule has 0 heterocycles. The maximum absolute atomic E-state index is 14.4. The summed E-state index contributed by atoms with van der Waals surface area (Å²) in [6.07, 6.45) is 0. The summed E-state index contributed by atoms with van der Waals surface area (Å²) < 4.78 is 53.4. The van der Waals surface area contributed by atoms with Crippen LogP contribution in [0.25, 0.3) is 4.91 Å². The molecule has 0 saturated carbocycles. The van der Waals surface area contributed by atoms with E-state index in [9.17, 15) is 17.0 Å². The van der Waals surface area contributed by atoms with Crippen molar-refractivity contribution in [3.05, 3.63) is 101 Å². The minimum Gasteiger partial charge on any atom is -0.249 e. The highest BCUT2D eigenvalue weighted by atomic mass is 32.2. The SMILES string of the molecule is Cc1ccc(S(=O)/C(=C/S(=O)(=O)c2ccc(C)cc2)c2ccccc2F)cc1. The van der Waals surface area contributed by atoms with Gasteiger partial charge in [0.2, 0.25) is 9.84 Å². The maximum Gasteiger partial charge on any atom is 0.201 e. The average Bonchev–Trinajstić information content (AvgIpc) is 2.67. The summed E-state index contributed by atoms with van der Waals surface area (Å²) in [6.45, 7) is 3.74. The van der Waals surface area contributed by atoms with Gasteiger partial charge in [-0.1, -0.05) is 53.6 Å². The molecule has 0 aliphatic heterocycles. The van der Waals surface area contributed by atoms with E-state index in [1.165, 1.54) is 30.3 Å². The number of rotatable bonds is 5. The van der Waals surface area contributed by atoms with Crippen molar-refractivity contribution >= 4 is 25.5 Å². The quantitative estimate of drug-likeness (QED) is 0.589. The lowest BCUT2D eigenvalue weighted by molar-refractivity contribution is 0.604. The molecule has 144 valence electrons. The van der Waals surface area contributed by atoms with Gasteiger partial charge >= 0.3 is 0 Å². The zero-order valence-corrected chi connectivity index (χ0v) is 17.1. The van der Waals surface area contributed by atoms with Crippen LogP contribution in [0.15, 0.2) is 88.0 Å². The van der Waals surface area contributed by atoms with Gasteiger partial charge < -0.3 is 0 Å². The van der Waals surface area contributed by atoms with Gasteiger partial charge in [-0.2, -0.15) is 0 Å². The first-order valence-electron chi connectivity index (χ1n) is 8.55. The summed E-state index contributed by atoms with van der Waals surface area (Å²) in [4.78, 5) is 0.370. The van der Waals surface area contributed by atoms with Crippen molar-refractivity contribution in [2.24, 2.45) is 0 Å². The summed E-state index contributed by atoms with van der Waals surface area (Å²) in [5.41, 5.74) is 1.89. The van der Waals surface area contributed by atoms with Crippen molar-refractivity contribution in [1.82, 2.24) is 0 Å². The Balaban J connectivity index is 2.17. The zero-order chi connectivity index (χ0) is 20.3. The van der Waals surface area contributed by atoms with Crippen molar-refractivity contribution in [3.8, 4) is 0 Å². The van der Waals surface area contributed by atoms with E-state index in [2.05, 4.69) is 0 Å². The van der Waals surface area contributed by atoms with Crippen LogP contribution in [0.3, 0.4) is 0 Å². The minimum atomic E-state index is -3.92. The van der Waals surface area contributed by atoms with Crippen molar-refractivity contribution in [2.75, 3.05) is 0 Å². The van der Waals surface area contributed by atoms with Crippen molar-refractivity contribution in [1.29, 1.82) is 0 Å². The van der Waals surface area contributed by atoms with Crippen LogP contribution in [-0.4, -0.2) is 12.6 Å². The van der Waals surface area contributed by atoms with Crippen LogP contribution in [0.5, 0.6) is 0 Å². The molecule has 3 aromatic rings. The molecule has 0 aliphatic rings. The van der Waals surface area contributed by atoms with Crippen LogP contribution in [0, 0.1) is 19.7 Å². The second kappa shape index (κ2) is 8.20. The summed E-state index contributed by atoms with van der Waals surface area (Å²) in [5.74, 6) is -0.631. The van der Waals surface area contributed by atoms with E-state index in [-0.39, 0.29) is 15.4 Å².